The third kappa shape index (κ3) is 1.82. The summed E-state index contributed by atoms with van der Waals surface area (Å²) in [6.45, 7) is 1.48. The fourth-order valence-electron chi connectivity index (χ4n) is 1.58. The highest BCUT2D eigenvalue weighted by Gasteiger charge is 2.30. The minimum Gasteiger partial charge on any atom is -0.315 e. The highest BCUT2D eigenvalue weighted by Crippen LogP contribution is 2.22. The van der Waals surface area contributed by atoms with Gasteiger partial charge in [0.2, 0.25) is 14.2 Å². The summed E-state index contributed by atoms with van der Waals surface area (Å²) in [5.41, 5.74) is 0. The molecule has 14 heavy (non-hydrogen) atoms. The second-order valence-corrected chi connectivity index (χ2v) is 6.61. The largest absolute Gasteiger partial charge is 0.315 e. The molecule has 1 aromatic rings. The molecule has 0 radical (unpaired) electrons. The Morgan fingerprint density at radius 3 is 3.00 bits per heavy atom. The lowest BCUT2D eigenvalue weighted by Crippen LogP contribution is -2.38. The minimum absolute atomic E-state index is 0.256. The Morgan fingerprint density at radius 1 is 1.57 bits per heavy atom. The van der Waals surface area contributed by atoms with Crippen LogP contribution in [0.1, 0.15) is 12.8 Å². The van der Waals surface area contributed by atoms with Gasteiger partial charge in [0.05, 0.1) is 5.25 Å². The first-order valence-electron chi connectivity index (χ1n) is 4.55. The van der Waals surface area contributed by atoms with Crippen LogP contribution >= 0.6 is 11.3 Å². The maximum absolute atomic E-state index is 12.0. The quantitative estimate of drug-likeness (QED) is 0.814. The van der Waals surface area contributed by atoms with Gasteiger partial charge in [-0.25, -0.2) is 13.4 Å². The maximum atomic E-state index is 12.0. The zero-order valence-electron chi connectivity index (χ0n) is 7.64. The highest BCUT2D eigenvalue weighted by atomic mass is 32.2. The average Bonchev–Trinajstić information content (AvgIpc) is 2.72. The topological polar surface area (TPSA) is 59.1 Å². The Labute approximate surface area is 87.3 Å². The van der Waals surface area contributed by atoms with Gasteiger partial charge in [-0.05, 0) is 19.4 Å². The van der Waals surface area contributed by atoms with Gasteiger partial charge in [0, 0.05) is 18.1 Å². The predicted molar refractivity (Wildman–Crippen MR) is 55.2 cm³/mol. The number of thiazole rings is 1. The van der Waals surface area contributed by atoms with Crippen molar-refractivity contribution in [1.82, 2.24) is 10.3 Å². The number of hydrogen-bond donors (Lipinski definition) is 1. The Bertz CT molecular complexity index is 379. The van der Waals surface area contributed by atoms with Crippen molar-refractivity contribution in [3.63, 3.8) is 0 Å². The Morgan fingerprint density at radius 2 is 2.43 bits per heavy atom. The van der Waals surface area contributed by atoms with E-state index in [1.807, 2.05) is 0 Å². The van der Waals surface area contributed by atoms with Gasteiger partial charge < -0.3 is 5.32 Å². The molecule has 78 valence electrons. The summed E-state index contributed by atoms with van der Waals surface area (Å²) in [5, 5.41) is 4.51. The summed E-state index contributed by atoms with van der Waals surface area (Å²) < 4.78 is 24.2. The van der Waals surface area contributed by atoms with E-state index in [1.54, 1.807) is 5.38 Å². The van der Waals surface area contributed by atoms with Crippen LogP contribution < -0.4 is 5.32 Å². The van der Waals surface area contributed by atoms with Gasteiger partial charge in [0.1, 0.15) is 0 Å². The Kier molecular flexibility index (Phi) is 2.85. The van der Waals surface area contributed by atoms with Gasteiger partial charge in [-0.2, -0.15) is 0 Å². The molecule has 1 atom stereocenters. The van der Waals surface area contributed by atoms with Crippen LogP contribution in [0.15, 0.2) is 15.9 Å². The molecule has 0 amide bonds. The Balaban J connectivity index is 2.23. The van der Waals surface area contributed by atoms with Crippen LogP contribution in [0.4, 0.5) is 0 Å². The summed E-state index contributed by atoms with van der Waals surface area (Å²) in [6.07, 6.45) is 3.21. The molecule has 0 bridgehead atoms. The smallest absolute Gasteiger partial charge is 0.209 e. The second-order valence-electron chi connectivity index (χ2n) is 3.31. The molecule has 0 spiro atoms. The van der Waals surface area contributed by atoms with E-state index in [4.69, 9.17) is 0 Å². The van der Waals surface area contributed by atoms with E-state index in [0.717, 1.165) is 19.4 Å². The zero-order chi connectivity index (χ0) is 10.0. The van der Waals surface area contributed by atoms with Crippen molar-refractivity contribution in [3.8, 4) is 0 Å². The lowest BCUT2D eigenvalue weighted by Gasteiger charge is -2.21. The van der Waals surface area contributed by atoms with Crippen molar-refractivity contribution >= 4 is 21.2 Å². The van der Waals surface area contributed by atoms with Crippen LogP contribution in [0.3, 0.4) is 0 Å². The van der Waals surface area contributed by atoms with E-state index in [9.17, 15) is 8.42 Å². The molecule has 1 unspecified atom stereocenters. The number of rotatable bonds is 2. The van der Waals surface area contributed by atoms with Crippen LogP contribution in [0.2, 0.25) is 0 Å². The summed E-state index contributed by atoms with van der Waals surface area (Å²) in [7, 11) is -3.17. The fourth-order valence-corrected chi connectivity index (χ4v) is 4.36. The first-order chi connectivity index (χ1) is 6.71. The Hall–Kier alpha value is -0.460. The molecule has 1 saturated heterocycles. The molecule has 6 heteroatoms. The van der Waals surface area contributed by atoms with Crippen molar-refractivity contribution in [3.05, 3.63) is 11.6 Å². The maximum Gasteiger partial charge on any atom is 0.209 e. The molecule has 1 aliphatic rings. The molecule has 1 aliphatic heterocycles. The average molecular weight is 232 g/mol. The van der Waals surface area contributed by atoms with Gasteiger partial charge in [-0.1, -0.05) is 0 Å². The normalized spacial score (nSPS) is 23.6. The molecular weight excluding hydrogens is 220 g/mol. The molecular formula is C8H12N2O2S2. The summed E-state index contributed by atoms with van der Waals surface area (Å²) in [4.78, 5) is 3.87. The molecule has 2 heterocycles. The van der Waals surface area contributed by atoms with Gasteiger partial charge in [0.15, 0.2) is 0 Å². The monoisotopic (exact) mass is 232 g/mol. The molecule has 2 rings (SSSR count). The van der Waals surface area contributed by atoms with E-state index in [0.29, 0.717) is 6.54 Å². The van der Waals surface area contributed by atoms with Crippen LogP contribution in [0, 0.1) is 0 Å². The lowest BCUT2D eigenvalue weighted by atomic mass is 10.2. The predicted octanol–water partition coefficient (Wildman–Crippen LogP) is 0.669. The van der Waals surface area contributed by atoms with E-state index in [2.05, 4.69) is 10.3 Å². The molecule has 1 fully saturated rings. The van der Waals surface area contributed by atoms with Crippen molar-refractivity contribution in [1.29, 1.82) is 0 Å². The summed E-state index contributed by atoms with van der Waals surface area (Å²) >= 11 is 1.20. The van der Waals surface area contributed by atoms with Crippen molar-refractivity contribution in [2.75, 3.05) is 13.1 Å². The standard InChI is InChI=1S/C8H12N2O2S2/c11-14(12,8-10-4-5-13-8)7-2-1-3-9-6-7/h4-5,7,9H,1-3,6H2. The third-order valence-corrected chi connectivity index (χ3v) is 5.77. The van der Waals surface area contributed by atoms with E-state index in [1.165, 1.54) is 17.5 Å². The zero-order valence-corrected chi connectivity index (χ0v) is 9.27. The van der Waals surface area contributed by atoms with Gasteiger partial charge in [0.25, 0.3) is 0 Å². The molecule has 1 N–H and O–H groups in total. The van der Waals surface area contributed by atoms with Gasteiger partial charge in [-0.15, -0.1) is 11.3 Å². The second kappa shape index (κ2) is 3.96. The first-order valence-corrected chi connectivity index (χ1v) is 6.98. The van der Waals surface area contributed by atoms with E-state index >= 15 is 0 Å². The molecule has 0 aliphatic carbocycles. The van der Waals surface area contributed by atoms with Crippen molar-refractivity contribution in [2.45, 2.75) is 22.4 Å². The highest BCUT2D eigenvalue weighted by molar-refractivity contribution is 7.93. The van der Waals surface area contributed by atoms with Gasteiger partial charge >= 0.3 is 0 Å². The van der Waals surface area contributed by atoms with Crippen LogP contribution in [-0.4, -0.2) is 31.7 Å². The number of aromatic nitrogens is 1. The SMILES string of the molecule is O=S(=O)(c1nccs1)C1CCCNC1. The number of piperidine rings is 1. The van der Waals surface area contributed by atoms with Crippen LogP contribution in [0.25, 0.3) is 0 Å². The number of nitrogens with zero attached hydrogens (tertiary/aromatic N) is 1. The van der Waals surface area contributed by atoms with Crippen LogP contribution in [-0.2, 0) is 9.84 Å². The minimum atomic E-state index is -3.17. The number of sulfone groups is 1. The summed E-state index contributed by atoms with van der Waals surface area (Å²) in [6, 6.07) is 0. The lowest BCUT2D eigenvalue weighted by molar-refractivity contribution is 0.496. The molecule has 0 aromatic carbocycles. The van der Waals surface area contributed by atoms with Crippen molar-refractivity contribution in [2.24, 2.45) is 0 Å². The number of nitrogens with one attached hydrogen (secondary N) is 1. The van der Waals surface area contributed by atoms with E-state index < -0.39 is 9.84 Å². The third-order valence-electron chi connectivity index (χ3n) is 2.34. The number of hydrogen-bond acceptors (Lipinski definition) is 5. The summed E-state index contributed by atoms with van der Waals surface area (Å²) in [5.74, 6) is 0. The van der Waals surface area contributed by atoms with Gasteiger partial charge in [-0.3, -0.25) is 0 Å². The fraction of sp³-hybridized carbons (Fsp3) is 0.625. The molecule has 0 saturated carbocycles. The molecule has 4 nitrogen and oxygen atoms in total. The van der Waals surface area contributed by atoms with Crippen molar-refractivity contribution < 1.29 is 8.42 Å². The first kappa shape index (κ1) is 10.1. The molecule has 1 aromatic heterocycles. The van der Waals surface area contributed by atoms with E-state index in [-0.39, 0.29) is 9.59 Å². The van der Waals surface area contributed by atoms with Crippen LogP contribution in [0.5, 0.6) is 0 Å².